The van der Waals surface area contributed by atoms with Gasteiger partial charge in [0.05, 0.1) is 6.61 Å². The van der Waals surface area contributed by atoms with E-state index in [-0.39, 0.29) is 25.9 Å². The third kappa shape index (κ3) is 12.6. The Morgan fingerprint density at radius 1 is 0.870 bits per heavy atom. The van der Waals surface area contributed by atoms with E-state index in [1.54, 1.807) is 0 Å². The van der Waals surface area contributed by atoms with E-state index < -0.39 is 23.8 Å². The summed E-state index contributed by atoms with van der Waals surface area (Å²) in [5, 5.41) is 17.5. The summed E-state index contributed by atoms with van der Waals surface area (Å²) in [4.78, 5) is 33.2. The standard InChI is InChI=1S/C17H30O6/c1-2-3-4-5-6-7-8-9-13-23-17(22)14(16(20)21)11-10-12-15(18)19/h14H,2-13H2,1H3,(H,18,19)(H,20,21). The molecular weight excluding hydrogens is 300 g/mol. The number of carboxylic acids is 2. The van der Waals surface area contributed by atoms with Gasteiger partial charge in [-0.1, -0.05) is 51.9 Å². The Labute approximate surface area is 138 Å². The lowest BCUT2D eigenvalue weighted by molar-refractivity contribution is -0.159. The molecule has 6 nitrogen and oxygen atoms in total. The number of hydrogen-bond acceptors (Lipinski definition) is 4. The third-order valence-electron chi connectivity index (χ3n) is 3.71. The summed E-state index contributed by atoms with van der Waals surface area (Å²) in [6, 6.07) is 0. The van der Waals surface area contributed by atoms with Gasteiger partial charge in [-0.3, -0.25) is 14.4 Å². The van der Waals surface area contributed by atoms with Gasteiger partial charge in [-0.25, -0.2) is 0 Å². The molecule has 134 valence electrons. The van der Waals surface area contributed by atoms with E-state index in [0.717, 1.165) is 19.3 Å². The SMILES string of the molecule is CCCCCCCCCCOC(=O)C(CCCC(=O)O)C(=O)O. The van der Waals surface area contributed by atoms with Crippen molar-refractivity contribution in [2.75, 3.05) is 6.61 Å². The van der Waals surface area contributed by atoms with Crippen LogP contribution in [0.4, 0.5) is 0 Å². The summed E-state index contributed by atoms with van der Waals surface area (Å²) in [5.41, 5.74) is 0. The predicted molar refractivity (Wildman–Crippen MR) is 86.2 cm³/mol. The number of hydrogen-bond donors (Lipinski definition) is 2. The Balaban J connectivity index is 3.74. The zero-order valence-electron chi connectivity index (χ0n) is 14.1. The largest absolute Gasteiger partial charge is 0.481 e. The van der Waals surface area contributed by atoms with Crippen molar-refractivity contribution in [1.29, 1.82) is 0 Å². The molecule has 0 aliphatic carbocycles. The Morgan fingerprint density at radius 2 is 1.43 bits per heavy atom. The lowest BCUT2D eigenvalue weighted by atomic mass is 10.0. The molecule has 6 heteroatoms. The van der Waals surface area contributed by atoms with Crippen molar-refractivity contribution in [1.82, 2.24) is 0 Å². The number of ether oxygens (including phenoxy) is 1. The number of unbranched alkanes of at least 4 members (excludes halogenated alkanes) is 7. The summed E-state index contributed by atoms with van der Waals surface area (Å²) in [6.07, 6.45) is 9.00. The van der Waals surface area contributed by atoms with Crippen molar-refractivity contribution in [2.45, 2.75) is 77.6 Å². The molecule has 0 aliphatic heterocycles. The summed E-state index contributed by atoms with van der Waals surface area (Å²) in [6.45, 7) is 2.41. The number of carbonyl (C=O) groups is 3. The van der Waals surface area contributed by atoms with Crippen molar-refractivity contribution >= 4 is 17.9 Å². The smallest absolute Gasteiger partial charge is 0.320 e. The van der Waals surface area contributed by atoms with Gasteiger partial charge in [0.25, 0.3) is 0 Å². The summed E-state index contributed by atoms with van der Waals surface area (Å²) in [5.74, 6) is -4.27. The van der Waals surface area contributed by atoms with Crippen LogP contribution in [-0.4, -0.2) is 34.7 Å². The first-order chi connectivity index (χ1) is 11.0. The first kappa shape index (κ1) is 21.4. The molecule has 0 aromatic heterocycles. The fourth-order valence-electron chi connectivity index (χ4n) is 2.31. The number of carboxylic acid groups (broad SMARTS) is 2. The maximum atomic E-state index is 11.7. The van der Waals surface area contributed by atoms with Gasteiger partial charge < -0.3 is 14.9 Å². The molecule has 0 amide bonds. The first-order valence-electron chi connectivity index (χ1n) is 8.60. The van der Waals surface area contributed by atoms with Crippen molar-refractivity contribution in [3.63, 3.8) is 0 Å². The maximum absolute atomic E-state index is 11.7. The fraction of sp³-hybridized carbons (Fsp3) is 0.824. The number of rotatable bonds is 15. The minimum absolute atomic E-state index is 0.00209. The fourth-order valence-corrected chi connectivity index (χ4v) is 2.31. The monoisotopic (exact) mass is 330 g/mol. The molecule has 0 spiro atoms. The lowest BCUT2D eigenvalue weighted by Gasteiger charge is -2.11. The molecule has 23 heavy (non-hydrogen) atoms. The van der Waals surface area contributed by atoms with Crippen LogP contribution in [0.3, 0.4) is 0 Å². The highest BCUT2D eigenvalue weighted by Crippen LogP contribution is 2.13. The van der Waals surface area contributed by atoms with E-state index in [9.17, 15) is 14.4 Å². The van der Waals surface area contributed by atoms with E-state index in [2.05, 4.69) is 6.92 Å². The number of esters is 1. The minimum Gasteiger partial charge on any atom is -0.481 e. The van der Waals surface area contributed by atoms with Crippen LogP contribution in [-0.2, 0) is 19.1 Å². The zero-order chi connectivity index (χ0) is 17.5. The quantitative estimate of drug-likeness (QED) is 0.270. The van der Waals surface area contributed by atoms with E-state index in [0.29, 0.717) is 0 Å². The Morgan fingerprint density at radius 3 is 1.96 bits per heavy atom. The van der Waals surface area contributed by atoms with Gasteiger partial charge in [-0.2, -0.15) is 0 Å². The van der Waals surface area contributed by atoms with Gasteiger partial charge in [0, 0.05) is 6.42 Å². The molecular formula is C17H30O6. The molecule has 0 saturated carbocycles. The molecule has 0 heterocycles. The first-order valence-corrected chi connectivity index (χ1v) is 8.60. The number of carbonyl (C=O) groups excluding carboxylic acids is 1. The Bertz CT molecular complexity index is 353. The van der Waals surface area contributed by atoms with Crippen molar-refractivity contribution < 1.29 is 29.3 Å². The summed E-state index contributed by atoms with van der Waals surface area (Å²) < 4.78 is 5.00. The lowest BCUT2D eigenvalue weighted by Crippen LogP contribution is -2.26. The second-order valence-corrected chi connectivity index (χ2v) is 5.82. The van der Waals surface area contributed by atoms with Crippen LogP contribution in [0, 0.1) is 5.92 Å². The third-order valence-corrected chi connectivity index (χ3v) is 3.71. The molecule has 0 aromatic carbocycles. The van der Waals surface area contributed by atoms with Crippen LogP contribution in [0.15, 0.2) is 0 Å². The molecule has 1 unspecified atom stereocenters. The second-order valence-electron chi connectivity index (χ2n) is 5.82. The highest BCUT2D eigenvalue weighted by atomic mass is 16.5. The van der Waals surface area contributed by atoms with E-state index >= 15 is 0 Å². The molecule has 2 N–H and O–H groups in total. The van der Waals surface area contributed by atoms with Crippen molar-refractivity contribution in [2.24, 2.45) is 5.92 Å². The molecule has 0 fully saturated rings. The Kier molecular flexibility index (Phi) is 13.1. The van der Waals surface area contributed by atoms with E-state index in [1.807, 2.05) is 0 Å². The second kappa shape index (κ2) is 14.0. The Hall–Kier alpha value is -1.59. The molecule has 0 saturated heterocycles. The van der Waals surface area contributed by atoms with Crippen LogP contribution in [0.1, 0.15) is 77.6 Å². The molecule has 0 rings (SSSR count). The molecule has 0 aliphatic rings. The van der Waals surface area contributed by atoms with E-state index in [4.69, 9.17) is 14.9 Å². The highest BCUT2D eigenvalue weighted by Gasteiger charge is 2.27. The van der Waals surface area contributed by atoms with Gasteiger partial charge in [0.1, 0.15) is 0 Å². The molecule has 0 radical (unpaired) electrons. The summed E-state index contributed by atoms with van der Waals surface area (Å²) in [7, 11) is 0. The molecule has 0 bridgehead atoms. The van der Waals surface area contributed by atoms with Crippen LogP contribution < -0.4 is 0 Å². The maximum Gasteiger partial charge on any atom is 0.320 e. The van der Waals surface area contributed by atoms with E-state index in [1.165, 1.54) is 32.1 Å². The average Bonchev–Trinajstić information content (AvgIpc) is 2.49. The van der Waals surface area contributed by atoms with Gasteiger partial charge in [-0.05, 0) is 19.3 Å². The zero-order valence-corrected chi connectivity index (χ0v) is 14.1. The molecule has 1 atom stereocenters. The van der Waals surface area contributed by atoms with Crippen LogP contribution >= 0.6 is 0 Å². The summed E-state index contributed by atoms with van der Waals surface area (Å²) >= 11 is 0. The van der Waals surface area contributed by atoms with Gasteiger partial charge in [0.2, 0.25) is 0 Å². The average molecular weight is 330 g/mol. The van der Waals surface area contributed by atoms with Crippen LogP contribution in [0.25, 0.3) is 0 Å². The van der Waals surface area contributed by atoms with Crippen molar-refractivity contribution in [3.05, 3.63) is 0 Å². The normalized spacial score (nSPS) is 11.9. The molecule has 0 aromatic rings. The number of aliphatic carboxylic acids is 2. The topological polar surface area (TPSA) is 101 Å². The van der Waals surface area contributed by atoms with Gasteiger partial charge in [-0.15, -0.1) is 0 Å². The minimum atomic E-state index is -1.26. The predicted octanol–water partition coefficient (Wildman–Crippen LogP) is 3.63. The van der Waals surface area contributed by atoms with Gasteiger partial charge >= 0.3 is 17.9 Å². The van der Waals surface area contributed by atoms with Crippen molar-refractivity contribution in [3.8, 4) is 0 Å². The highest BCUT2D eigenvalue weighted by molar-refractivity contribution is 5.93. The van der Waals surface area contributed by atoms with Crippen LogP contribution in [0.2, 0.25) is 0 Å². The van der Waals surface area contributed by atoms with Gasteiger partial charge in [0.15, 0.2) is 5.92 Å². The van der Waals surface area contributed by atoms with Crippen LogP contribution in [0.5, 0.6) is 0 Å².